The zero-order valence-corrected chi connectivity index (χ0v) is 18.1. The SMILES string of the molecule is CC(=O)Nc1cccc(NC(=O)CN(Cc2ccccc2)S(=O)(=O)c2ccc(F)cc2)c1. The van der Waals surface area contributed by atoms with Gasteiger partial charge in [0, 0.05) is 24.8 Å². The molecule has 32 heavy (non-hydrogen) atoms. The number of rotatable bonds is 8. The Labute approximate surface area is 185 Å². The number of hydrogen-bond donors (Lipinski definition) is 2. The number of hydrogen-bond acceptors (Lipinski definition) is 4. The third-order valence-corrected chi connectivity index (χ3v) is 6.25. The lowest BCUT2D eigenvalue weighted by molar-refractivity contribution is -0.116. The number of benzene rings is 3. The van der Waals surface area contributed by atoms with Crippen molar-refractivity contribution < 1.29 is 22.4 Å². The van der Waals surface area contributed by atoms with E-state index in [1.54, 1.807) is 54.6 Å². The van der Waals surface area contributed by atoms with Crippen molar-refractivity contribution in [2.45, 2.75) is 18.4 Å². The highest BCUT2D eigenvalue weighted by Crippen LogP contribution is 2.20. The molecule has 0 aromatic heterocycles. The summed E-state index contributed by atoms with van der Waals surface area (Å²) in [5, 5.41) is 5.26. The average Bonchev–Trinajstić information content (AvgIpc) is 2.74. The van der Waals surface area contributed by atoms with Gasteiger partial charge in [0.25, 0.3) is 0 Å². The summed E-state index contributed by atoms with van der Waals surface area (Å²) in [5.41, 5.74) is 1.59. The maximum absolute atomic E-state index is 13.3. The van der Waals surface area contributed by atoms with Crippen molar-refractivity contribution in [1.29, 1.82) is 0 Å². The van der Waals surface area contributed by atoms with Gasteiger partial charge in [-0.05, 0) is 48.0 Å². The lowest BCUT2D eigenvalue weighted by Gasteiger charge is -2.22. The van der Waals surface area contributed by atoms with E-state index >= 15 is 0 Å². The second kappa shape index (κ2) is 10.2. The number of carbonyl (C=O) groups is 2. The molecule has 0 heterocycles. The minimum atomic E-state index is -4.08. The Morgan fingerprint density at radius 2 is 1.50 bits per heavy atom. The first-order valence-corrected chi connectivity index (χ1v) is 11.2. The van der Waals surface area contributed by atoms with Gasteiger partial charge in [0.05, 0.1) is 11.4 Å². The van der Waals surface area contributed by atoms with Gasteiger partial charge >= 0.3 is 0 Å². The summed E-state index contributed by atoms with van der Waals surface area (Å²) < 4.78 is 40.7. The predicted molar refractivity (Wildman–Crippen MR) is 120 cm³/mol. The standard InChI is InChI=1S/C23H22FN3O4S/c1-17(28)25-20-8-5-9-21(14-20)26-23(29)16-27(15-18-6-3-2-4-7-18)32(30,31)22-12-10-19(24)11-13-22/h2-14H,15-16H2,1H3,(H,25,28)(H,26,29). The molecule has 0 radical (unpaired) electrons. The maximum atomic E-state index is 13.3. The Bertz CT molecular complexity index is 1200. The molecule has 0 saturated heterocycles. The molecule has 3 aromatic rings. The maximum Gasteiger partial charge on any atom is 0.243 e. The molecule has 7 nitrogen and oxygen atoms in total. The van der Waals surface area contributed by atoms with Crippen LogP contribution in [0.4, 0.5) is 15.8 Å². The highest BCUT2D eigenvalue weighted by atomic mass is 32.2. The molecule has 0 unspecified atom stereocenters. The Morgan fingerprint density at radius 1 is 0.875 bits per heavy atom. The van der Waals surface area contributed by atoms with E-state index in [-0.39, 0.29) is 17.3 Å². The first-order chi connectivity index (χ1) is 15.2. The fourth-order valence-corrected chi connectivity index (χ4v) is 4.39. The number of nitrogens with one attached hydrogen (secondary N) is 2. The van der Waals surface area contributed by atoms with Gasteiger partial charge in [-0.1, -0.05) is 36.4 Å². The van der Waals surface area contributed by atoms with Gasteiger partial charge in [-0.15, -0.1) is 0 Å². The van der Waals surface area contributed by atoms with Crippen molar-refractivity contribution in [2.75, 3.05) is 17.2 Å². The van der Waals surface area contributed by atoms with Gasteiger partial charge in [0.2, 0.25) is 21.8 Å². The van der Waals surface area contributed by atoms with E-state index < -0.39 is 28.3 Å². The van der Waals surface area contributed by atoms with E-state index in [9.17, 15) is 22.4 Å². The molecule has 0 spiro atoms. The zero-order valence-electron chi connectivity index (χ0n) is 17.3. The van der Waals surface area contributed by atoms with Crippen LogP contribution in [0, 0.1) is 5.82 Å². The molecule has 2 amide bonds. The number of amides is 2. The Balaban J connectivity index is 1.83. The number of carbonyl (C=O) groups excluding carboxylic acids is 2. The number of sulfonamides is 1. The predicted octanol–water partition coefficient (Wildman–Crippen LogP) is 3.61. The molecule has 166 valence electrons. The molecule has 0 aliphatic rings. The summed E-state index contributed by atoms with van der Waals surface area (Å²) in [7, 11) is -4.08. The second-order valence-corrected chi connectivity index (χ2v) is 8.96. The molecular weight excluding hydrogens is 433 g/mol. The third kappa shape index (κ3) is 6.22. The highest BCUT2D eigenvalue weighted by Gasteiger charge is 2.27. The van der Waals surface area contributed by atoms with Crippen molar-refractivity contribution in [3.8, 4) is 0 Å². The minimum Gasteiger partial charge on any atom is -0.326 e. The molecule has 0 fully saturated rings. The van der Waals surface area contributed by atoms with Crippen LogP contribution >= 0.6 is 0 Å². The summed E-state index contributed by atoms with van der Waals surface area (Å²) in [4.78, 5) is 23.8. The van der Waals surface area contributed by atoms with Crippen molar-refractivity contribution in [3.05, 3.63) is 90.2 Å². The van der Waals surface area contributed by atoms with E-state index in [1.807, 2.05) is 0 Å². The quantitative estimate of drug-likeness (QED) is 0.542. The lowest BCUT2D eigenvalue weighted by Crippen LogP contribution is -2.37. The van der Waals surface area contributed by atoms with Gasteiger partial charge in [0.15, 0.2) is 0 Å². The van der Waals surface area contributed by atoms with E-state index in [2.05, 4.69) is 10.6 Å². The number of halogens is 1. The molecule has 0 aliphatic heterocycles. The van der Waals surface area contributed by atoms with Crippen LogP contribution in [0.3, 0.4) is 0 Å². The van der Waals surface area contributed by atoms with Crippen molar-refractivity contribution in [2.24, 2.45) is 0 Å². The zero-order chi connectivity index (χ0) is 23.1. The monoisotopic (exact) mass is 455 g/mol. The number of nitrogens with zero attached hydrogens (tertiary/aromatic N) is 1. The van der Waals surface area contributed by atoms with E-state index in [1.165, 1.54) is 6.92 Å². The first kappa shape index (κ1) is 23.1. The molecular formula is C23H22FN3O4S. The fraction of sp³-hybridized carbons (Fsp3) is 0.130. The summed E-state index contributed by atoms with van der Waals surface area (Å²) >= 11 is 0. The van der Waals surface area contributed by atoms with Gasteiger partial charge in [-0.3, -0.25) is 9.59 Å². The van der Waals surface area contributed by atoms with Crippen molar-refractivity contribution in [3.63, 3.8) is 0 Å². The van der Waals surface area contributed by atoms with Crippen LogP contribution in [-0.4, -0.2) is 31.1 Å². The largest absolute Gasteiger partial charge is 0.326 e. The van der Waals surface area contributed by atoms with Crippen LogP contribution in [0.5, 0.6) is 0 Å². The second-order valence-electron chi connectivity index (χ2n) is 7.02. The summed E-state index contributed by atoms with van der Waals surface area (Å²) in [6, 6.07) is 19.8. The molecule has 0 bridgehead atoms. The summed E-state index contributed by atoms with van der Waals surface area (Å²) in [6.07, 6.45) is 0. The summed E-state index contributed by atoms with van der Waals surface area (Å²) in [6.45, 7) is 0.867. The Kier molecular flexibility index (Phi) is 7.34. The van der Waals surface area contributed by atoms with Gasteiger partial charge < -0.3 is 10.6 Å². The van der Waals surface area contributed by atoms with E-state index in [4.69, 9.17) is 0 Å². The van der Waals surface area contributed by atoms with Crippen LogP contribution < -0.4 is 10.6 Å². The molecule has 0 aliphatic carbocycles. The smallest absolute Gasteiger partial charge is 0.243 e. The topological polar surface area (TPSA) is 95.6 Å². The third-order valence-electron chi connectivity index (χ3n) is 4.44. The molecule has 3 aromatic carbocycles. The van der Waals surface area contributed by atoms with Gasteiger partial charge in [-0.25, -0.2) is 12.8 Å². The van der Waals surface area contributed by atoms with Gasteiger partial charge in [-0.2, -0.15) is 4.31 Å². The first-order valence-electron chi connectivity index (χ1n) is 9.71. The molecule has 9 heteroatoms. The van der Waals surface area contributed by atoms with E-state index in [0.29, 0.717) is 16.9 Å². The molecule has 0 saturated carbocycles. The summed E-state index contributed by atoms with van der Waals surface area (Å²) in [5.74, 6) is -1.38. The van der Waals surface area contributed by atoms with Crippen molar-refractivity contribution >= 4 is 33.2 Å². The van der Waals surface area contributed by atoms with Crippen LogP contribution in [0.25, 0.3) is 0 Å². The molecule has 2 N–H and O–H groups in total. The van der Waals surface area contributed by atoms with Crippen LogP contribution in [-0.2, 0) is 26.2 Å². The van der Waals surface area contributed by atoms with E-state index in [0.717, 1.165) is 28.6 Å². The highest BCUT2D eigenvalue weighted by molar-refractivity contribution is 7.89. The van der Waals surface area contributed by atoms with Crippen molar-refractivity contribution in [1.82, 2.24) is 4.31 Å². The van der Waals surface area contributed by atoms with Crippen LogP contribution in [0.15, 0.2) is 83.8 Å². The van der Waals surface area contributed by atoms with Gasteiger partial charge in [0.1, 0.15) is 5.82 Å². The Morgan fingerprint density at radius 3 is 2.12 bits per heavy atom. The normalized spacial score (nSPS) is 11.2. The molecule has 3 rings (SSSR count). The minimum absolute atomic E-state index is 0.0418. The van der Waals surface area contributed by atoms with Crippen LogP contribution in [0.2, 0.25) is 0 Å². The average molecular weight is 456 g/mol. The lowest BCUT2D eigenvalue weighted by atomic mass is 10.2. The fourth-order valence-electron chi connectivity index (χ4n) is 3.01. The molecule has 0 atom stereocenters. The Hall–Kier alpha value is -3.56. The number of anilines is 2. The van der Waals surface area contributed by atoms with Crippen LogP contribution in [0.1, 0.15) is 12.5 Å².